The molecule has 1 aliphatic rings. The summed E-state index contributed by atoms with van der Waals surface area (Å²) in [5.41, 5.74) is 2.69. The van der Waals surface area contributed by atoms with Gasteiger partial charge in [0.05, 0.1) is 5.69 Å². The molecule has 1 fully saturated rings. The van der Waals surface area contributed by atoms with Gasteiger partial charge in [-0.2, -0.15) is 0 Å². The Balaban J connectivity index is 1.91. The highest BCUT2D eigenvalue weighted by molar-refractivity contribution is 5.76. The summed E-state index contributed by atoms with van der Waals surface area (Å²) < 4.78 is 2.00. The number of likely N-dealkylation sites (tertiary alicyclic amines) is 1. The molecule has 0 N–H and O–H groups in total. The molecule has 4 heteroatoms. The highest BCUT2D eigenvalue weighted by Crippen LogP contribution is 2.26. The summed E-state index contributed by atoms with van der Waals surface area (Å²) in [7, 11) is 0. The number of aldehydes is 1. The van der Waals surface area contributed by atoms with E-state index in [-0.39, 0.29) is 0 Å². The maximum atomic E-state index is 10.8. The molecular weight excluding hydrogens is 226 g/mol. The van der Waals surface area contributed by atoms with Gasteiger partial charge in [-0.1, -0.05) is 6.92 Å². The molecule has 1 saturated heterocycles. The molecule has 0 aliphatic carbocycles. The first-order valence-electron chi connectivity index (χ1n) is 6.46. The number of carbonyl (C=O) groups is 1. The van der Waals surface area contributed by atoms with E-state index >= 15 is 0 Å². The Bertz CT molecular complexity index is 575. The fourth-order valence-corrected chi connectivity index (χ4v) is 2.65. The van der Waals surface area contributed by atoms with Crippen molar-refractivity contribution >= 4 is 11.9 Å². The molecule has 0 radical (unpaired) electrons. The average Bonchev–Trinajstić information content (AvgIpc) is 3.03. The molecule has 94 valence electrons. The maximum Gasteiger partial charge on any atom is 0.150 e. The summed E-state index contributed by atoms with van der Waals surface area (Å²) in [5, 5.41) is 0. The Morgan fingerprint density at radius 3 is 3.17 bits per heavy atom. The molecule has 4 nitrogen and oxygen atoms in total. The number of hydrogen-bond donors (Lipinski definition) is 0. The summed E-state index contributed by atoms with van der Waals surface area (Å²) in [6.45, 7) is 5.57. The van der Waals surface area contributed by atoms with Crippen LogP contribution in [0.1, 0.15) is 35.3 Å². The SMILES string of the molecule is CCN1CCC(c2cn3ccc(C=O)cc3n2)C1. The Labute approximate surface area is 106 Å². The van der Waals surface area contributed by atoms with Crippen molar-refractivity contribution in [2.45, 2.75) is 19.3 Å². The van der Waals surface area contributed by atoms with Gasteiger partial charge in [0.25, 0.3) is 0 Å². The first kappa shape index (κ1) is 11.4. The molecule has 0 spiro atoms. The van der Waals surface area contributed by atoms with Gasteiger partial charge in [-0.05, 0) is 31.6 Å². The Morgan fingerprint density at radius 1 is 1.56 bits per heavy atom. The van der Waals surface area contributed by atoms with Gasteiger partial charge in [-0.3, -0.25) is 4.79 Å². The van der Waals surface area contributed by atoms with Crippen LogP contribution in [0.25, 0.3) is 5.65 Å². The number of rotatable bonds is 3. The van der Waals surface area contributed by atoms with Crippen LogP contribution in [0.3, 0.4) is 0 Å². The molecule has 1 atom stereocenters. The minimum atomic E-state index is 0.532. The molecular formula is C14H17N3O. The highest BCUT2D eigenvalue weighted by Gasteiger charge is 2.24. The number of hydrogen-bond acceptors (Lipinski definition) is 3. The third-order valence-electron chi connectivity index (χ3n) is 3.78. The van der Waals surface area contributed by atoms with Crippen molar-refractivity contribution in [3.63, 3.8) is 0 Å². The fourth-order valence-electron chi connectivity index (χ4n) is 2.65. The minimum absolute atomic E-state index is 0.532. The van der Waals surface area contributed by atoms with Crippen LogP contribution >= 0.6 is 0 Å². The molecule has 1 aliphatic heterocycles. The van der Waals surface area contributed by atoms with Crippen LogP contribution < -0.4 is 0 Å². The predicted molar refractivity (Wildman–Crippen MR) is 70.1 cm³/mol. The summed E-state index contributed by atoms with van der Waals surface area (Å²) >= 11 is 0. The summed E-state index contributed by atoms with van der Waals surface area (Å²) in [5.74, 6) is 0.532. The number of fused-ring (bicyclic) bond motifs is 1. The first-order valence-corrected chi connectivity index (χ1v) is 6.46. The van der Waals surface area contributed by atoms with Crippen LogP contribution in [0.4, 0.5) is 0 Å². The molecule has 3 rings (SSSR count). The largest absolute Gasteiger partial charge is 0.307 e. The van der Waals surface area contributed by atoms with E-state index in [4.69, 9.17) is 0 Å². The van der Waals surface area contributed by atoms with Crippen molar-refractivity contribution in [3.8, 4) is 0 Å². The van der Waals surface area contributed by atoms with Crippen molar-refractivity contribution in [2.24, 2.45) is 0 Å². The molecule has 0 aromatic carbocycles. The minimum Gasteiger partial charge on any atom is -0.307 e. The van der Waals surface area contributed by atoms with Gasteiger partial charge >= 0.3 is 0 Å². The molecule has 2 aromatic heterocycles. The quantitative estimate of drug-likeness (QED) is 0.773. The van der Waals surface area contributed by atoms with Crippen molar-refractivity contribution in [1.82, 2.24) is 14.3 Å². The van der Waals surface area contributed by atoms with Crippen molar-refractivity contribution in [1.29, 1.82) is 0 Å². The molecule has 18 heavy (non-hydrogen) atoms. The summed E-state index contributed by atoms with van der Waals surface area (Å²) in [6, 6.07) is 3.65. The first-order chi connectivity index (χ1) is 8.80. The van der Waals surface area contributed by atoms with E-state index in [2.05, 4.69) is 23.0 Å². The zero-order chi connectivity index (χ0) is 12.5. The summed E-state index contributed by atoms with van der Waals surface area (Å²) in [4.78, 5) is 17.9. The van der Waals surface area contributed by atoms with Crippen molar-refractivity contribution in [3.05, 3.63) is 35.8 Å². The van der Waals surface area contributed by atoms with E-state index in [1.165, 1.54) is 6.42 Å². The second-order valence-corrected chi connectivity index (χ2v) is 4.89. The zero-order valence-electron chi connectivity index (χ0n) is 10.5. The number of pyridine rings is 1. The number of nitrogens with zero attached hydrogens (tertiary/aromatic N) is 3. The van der Waals surface area contributed by atoms with Gasteiger partial charge in [0, 0.05) is 30.4 Å². The van der Waals surface area contributed by atoms with Crippen LogP contribution in [0.15, 0.2) is 24.5 Å². The lowest BCUT2D eigenvalue weighted by atomic mass is 10.1. The van der Waals surface area contributed by atoms with Crippen LogP contribution in [0, 0.1) is 0 Å². The van der Waals surface area contributed by atoms with E-state index in [9.17, 15) is 4.79 Å². The van der Waals surface area contributed by atoms with E-state index in [0.717, 1.165) is 37.3 Å². The Kier molecular flexibility index (Phi) is 2.88. The maximum absolute atomic E-state index is 10.8. The lowest BCUT2D eigenvalue weighted by Gasteiger charge is -2.11. The highest BCUT2D eigenvalue weighted by atomic mass is 16.1. The fraction of sp³-hybridized carbons (Fsp3) is 0.429. The molecule has 1 unspecified atom stereocenters. The van der Waals surface area contributed by atoms with Crippen LogP contribution in [-0.4, -0.2) is 40.2 Å². The normalized spacial score (nSPS) is 20.6. The Morgan fingerprint density at radius 2 is 2.44 bits per heavy atom. The molecule has 3 heterocycles. The standard InChI is InChI=1S/C14H17N3O/c1-2-16-5-4-12(8-16)13-9-17-6-3-11(10-18)7-14(17)15-13/h3,6-7,9-10,12H,2,4-5,8H2,1H3. The number of aromatic nitrogens is 2. The lowest BCUT2D eigenvalue weighted by molar-refractivity contribution is 0.112. The van der Waals surface area contributed by atoms with E-state index in [1.807, 2.05) is 22.7 Å². The molecule has 0 bridgehead atoms. The monoisotopic (exact) mass is 243 g/mol. The van der Waals surface area contributed by atoms with Gasteiger partial charge in [0.1, 0.15) is 11.9 Å². The zero-order valence-corrected chi connectivity index (χ0v) is 10.5. The smallest absolute Gasteiger partial charge is 0.150 e. The number of imidazole rings is 1. The molecule has 0 amide bonds. The molecule has 2 aromatic rings. The van der Waals surface area contributed by atoms with E-state index < -0.39 is 0 Å². The lowest BCUT2D eigenvalue weighted by Crippen LogP contribution is -2.19. The average molecular weight is 243 g/mol. The van der Waals surface area contributed by atoms with Gasteiger partial charge in [0.2, 0.25) is 0 Å². The third kappa shape index (κ3) is 1.93. The number of carbonyl (C=O) groups excluding carboxylic acids is 1. The Hall–Kier alpha value is -1.68. The van der Waals surface area contributed by atoms with Crippen LogP contribution in [0.5, 0.6) is 0 Å². The van der Waals surface area contributed by atoms with E-state index in [1.54, 1.807) is 0 Å². The van der Waals surface area contributed by atoms with Gasteiger partial charge in [-0.25, -0.2) is 4.98 Å². The second-order valence-electron chi connectivity index (χ2n) is 4.89. The second kappa shape index (κ2) is 4.53. The van der Waals surface area contributed by atoms with Gasteiger partial charge in [0.15, 0.2) is 0 Å². The van der Waals surface area contributed by atoms with Crippen LogP contribution in [0.2, 0.25) is 0 Å². The summed E-state index contributed by atoms with van der Waals surface area (Å²) in [6.07, 6.45) is 6.04. The number of likely N-dealkylation sites (N-methyl/N-ethyl adjacent to an activating group) is 1. The van der Waals surface area contributed by atoms with Crippen molar-refractivity contribution < 1.29 is 4.79 Å². The van der Waals surface area contributed by atoms with Crippen LogP contribution in [-0.2, 0) is 0 Å². The molecule has 0 saturated carbocycles. The topological polar surface area (TPSA) is 37.6 Å². The van der Waals surface area contributed by atoms with Crippen molar-refractivity contribution in [2.75, 3.05) is 19.6 Å². The third-order valence-corrected chi connectivity index (χ3v) is 3.78. The van der Waals surface area contributed by atoms with Gasteiger partial charge < -0.3 is 9.30 Å². The van der Waals surface area contributed by atoms with Gasteiger partial charge in [-0.15, -0.1) is 0 Å². The predicted octanol–water partition coefficient (Wildman–Crippen LogP) is 1.96. The van der Waals surface area contributed by atoms with E-state index in [0.29, 0.717) is 11.5 Å².